The Labute approximate surface area is 121 Å². The summed E-state index contributed by atoms with van der Waals surface area (Å²) in [5.41, 5.74) is 0. The SMILES string of the molecule is CCNCCn1cc(S(=O)(=O)N(CC)CC2CC2)cn1. The minimum atomic E-state index is -3.39. The van der Waals surface area contributed by atoms with Gasteiger partial charge >= 0.3 is 0 Å². The van der Waals surface area contributed by atoms with Crippen molar-refractivity contribution >= 4 is 10.0 Å². The van der Waals surface area contributed by atoms with Crippen molar-refractivity contribution < 1.29 is 8.42 Å². The largest absolute Gasteiger partial charge is 0.315 e. The van der Waals surface area contributed by atoms with Gasteiger partial charge in [-0.05, 0) is 25.3 Å². The molecule has 1 aliphatic carbocycles. The Balaban J connectivity index is 2.03. The van der Waals surface area contributed by atoms with Gasteiger partial charge in [-0.15, -0.1) is 0 Å². The number of nitrogens with zero attached hydrogens (tertiary/aromatic N) is 3. The van der Waals surface area contributed by atoms with E-state index in [0.717, 1.165) is 25.9 Å². The van der Waals surface area contributed by atoms with E-state index in [9.17, 15) is 8.42 Å². The maximum Gasteiger partial charge on any atom is 0.246 e. The van der Waals surface area contributed by atoms with Crippen LogP contribution in [-0.2, 0) is 16.6 Å². The molecule has 1 aromatic heterocycles. The third-order valence-electron chi connectivity index (χ3n) is 3.53. The minimum Gasteiger partial charge on any atom is -0.315 e. The number of hydrogen-bond acceptors (Lipinski definition) is 4. The number of nitrogens with one attached hydrogen (secondary N) is 1. The van der Waals surface area contributed by atoms with Crippen molar-refractivity contribution in [2.24, 2.45) is 5.92 Å². The molecule has 0 radical (unpaired) electrons. The van der Waals surface area contributed by atoms with Crippen LogP contribution < -0.4 is 5.32 Å². The smallest absolute Gasteiger partial charge is 0.246 e. The zero-order valence-electron chi connectivity index (χ0n) is 12.2. The van der Waals surface area contributed by atoms with Crippen molar-refractivity contribution in [3.05, 3.63) is 12.4 Å². The van der Waals surface area contributed by atoms with E-state index in [2.05, 4.69) is 10.4 Å². The Bertz CT molecular complexity index is 522. The average Bonchev–Trinajstić information content (AvgIpc) is 3.12. The zero-order chi connectivity index (χ0) is 14.6. The highest BCUT2D eigenvalue weighted by atomic mass is 32.2. The van der Waals surface area contributed by atoms with Gasteiger partial charge in [-0.25, -0.2) is 8.42 Å². The highest BCUT2D eigenvalue weighted by Crippen LogP contribution is 2.31. The van der Waals surface area contributed by atoms with Crippen LogP contribution in [0, 0.1) is 5.92 Å². The van der Waals surface area contributed by atoms with Crippen molar-refractivity contribution in [3.63, 3.8) is 0 Å². The van der Waals surface area contributed by atoms with Crippen LogP contribution in [0.3, 0.4) is 0 Å². The zero-order valence-corrected chi connectivity index (χ0v) is 13.1. The normalized spacial score (nSPS) is 15.9. The third kappa shape index (κ3) is 3.80. The Kier molecular flexibility index (Phi) is 5.17. The Morgan fingerprint density at radius 2 is 2.20 bits per heavy atom. The second-order valence-electron chi connectivity index (χ2n) is 5.19. The summed E-state index contributed by atoms with van der Waals surface area (Å²) in [6.07, 6.45) is 5.38. The second-order valence-corrected chi connectivity index (χ2v) is 7.13. The Morgan fingerprint density at radius 3 is 2.80 bits per heavy atom. The molecule has 0 atom stereocenters. The topological polar surface area (TPSA) is 67.2 Å². The van der Waals surface area contributed by atoms with E-state index < -0.39 is 10.0 Å². The first-order chi connectivity index (χ1) is 9.57. The molecule has 0 bridgehead atoms. The maximum atomic E-state index is 12.5. The molecular formula is C13H24N4O2S. The lowest BCUT2D eigenvalue weighted by Crippen LogP contribution is -2.32. The molecule has 0 spiro atoms. The minimum absolute atomic E-state index is 0.302. The molecule has 6 nitrogen and oxygen atoms in total. The summed E-state index contributed by atoms with van der Waals surface area (Å²) < 4.78 is 28.3. The van der Waals surface area contributed by atoms with Gasteiger partial charge in [0.25, 0.3) is 0 Å². The van der Waals surface area contributed by atoms with Crippen LogP contribution in [0.15, 0.2) is 17.3 Å². The predicted octanol–water partition coefficient (Wildman–Crippen LogP) is 0.913. The van der Waals surface area contributed by atoms with Gasteiger partial charge in [0.2, 0.25) is 10.0 Å². The van der Waals surface area contributed by atoms with Gasteiger partial charge in [0.1, 0.15) is 4.90 Å². The second kappa shape index (κ2) is 6.69. The van der Waals surface area contributed by atoms with Crippen LogP contribution in [0.1, 0.15) is 26.7 Å². The van der Waals surface area contributed by atoms with Crippen molar-refractivity contribution in [3.8, 4) is 0 Å². The van der Waals surface area contributed by atoms with E-state index in [4.69, 9.17) is 0 Å². The summed E-state index contributed by atoms with van der Waals surface area (Å²) in [7, 11) is -3.39. The van der Waals surface area contributed by atoms with E-state index in [1.807, 2.05) is 13.8 Å². The summed E-state index contributed by atoms with van der Waals surface area (Å²) in [6.45, 7) is 7.45. The first kappa shape index (κ1) is 15.5. The highest BCUT2D eigenvalue weighted by Gasteiger charge is 2.31. The van der Waals surface area contributed by atoms with Crippen molar-refractivity contribution in [1.82, 2.24) is 19.4 Å². The Hall–Kier alpha value is -0.920. The highest BCUT2D eigenvalue weighted by molar-refractivity contribution is 7.89. The van der Waals surface area contributed by atoms with Gasteiger partial charge in [-0.3, -0.25) is 4.68 Å². The molecule has 7 heteroatoms. The van der Waals surface area contributed by atoms with Crippen molar-refractivity contribution in [2.75, 3.05) is 26.2 Å². The van der Waals surface area contributed by atoms with Crippen LogP contribution in [0.4, 0.5) is 0 Å². The van der Waals surface area contributed by atoms with Crippen LogP contribution in [-0.4, -0.2) is 48.7 Å². The Morgan fingerprint density at radius 1 is 1.45 bits per heavy atom. The molecule has 0 unspecified atom stereocenters. The summed E-state index contributed by atoms with van der Waals surface area (Å²) in [5.74, 6) is 0.550. The first-order valence-corrected chi connectivity index (χ1v) is 8.75. The van der Waals surface area contributed by atoms with Crippen LogP contribution >= 0.6 is 0 Å². The molecule has 1 aromatic rings. The van der Waals surface area contributed by atoms with Crippen LogP contribution in [0.5, 0.6) is 0 Å². The maximum absolute atomic E-state index is 12.5. The quantitative estimate of drug-likeness (QED) is 0.689. The molecule has 1 heterocycles. The first-order valence-electron chi connectivity index (χ1n) is 7.31. The molecule has 2 rings (SSSR count). The third-order valence-corrected chi connectivity index (χ3v) is 5.42. The molecular weight excluding hydrogens is 276 g/mol. The van der Waals surface area contributed by atoms with E-state index in [0.29, 0.717) is 30.4 Å². The van der Waals surface area contributed by atoms with E-state index in [1.165, 1.54) is 6.20 Å². The van der Waals surface area contributed by atoms with Gasteiger partial charge in [0.15, 0.2) is 0 Å². The molecule has 1 N–H and O–H groups in total. The molecule has 0 saturated heterocycles. The summed E-state index contributed by atoms with van der Waals surface area (Å²) in [6, 6.07) is 0. The summed E-state index contributed by atoms with van der Waals surface area (Å²) in [5, 5.41) is 7.33. The molecule has 1 fully saturated rings. The van der Waals surface area contributed by atoms with Gasteiger partial charge in [0, 0.05) is 25.8 Å². The predicted molar refractivity (Wildman–Crippen MR) is 77.9 cm³/mol. The number of sulfonamides is 1. The molecule has 1 aliphatic rings. The van der Waals surface area contributed by atoms with Gasteiger partial charge in [-0.1, -0.05) is 13.8 Å². The molecule has 0 amide bonds. The standard InChI is InChI=1S/C13H24N4O2S/c1-3-14-7-8-16-11-13(9-15-16)20(18,19)17(4-2)10-12-5-6-12/h9,11-12,14H,3-8,10H2,1-2H3. The van der Waals surface area contributed by atoms with Crippen LogP contribution in [0.25, 0.3) is 0 Å². The molecule has 0 aliphatic heterocycles. The molecule has 114 valence electrons. The summed E-state index contributed by atoms with van der Waals surface area (Å²) >= 11 is 0. The molecule has 1 saturated carbocycles. The average molecular weight is 300 g/mol. The number of hydrogen-bond donors (Lipinski definition) is 1. The lowest BCUT2D eigenvalue weighted by molar-refractivity contribution is 0.412. The van der Waals surface area contributed by atoms with E-state index >= 15 is 0 Å². The number of likely N-dealkylation sites (N-methyl/N-ethyl adjacent to an activating group) is 1. The fraction of sp³-hybridized carbons (Fsp3) is 0.769. The molecule has 0 aromatic carbocycles. The van der Waals surface area contributed by atoms with Gasteiger partial charge in [0.05, 0.1) is 12.7 Å². The number of rotatable bonds is 9. The fourth-order valence-corrected chi connectivity index (χ4v) is 3.59. The lowest BCUT2D eigenvalue weighted by atomic mass is 10.4. The lowest BCUT2D eigenvalue weighted by Gasteiger charge is -2.19. The van der Waals surface area contributed by atoms with Gasteiger partial charge < -0.3 is 5.32 Å². The van der Waals surface area contributed by atoms with Crippen molar-refractivity contribution in [1.29, 1.82) is 0 Å². The fourth-order valence-electron chi connectivity index (χ4n) is 2.11. The van der Waals surface area contributed by atoms with E-state index in [-0.39, 0.29) is 0 Å². The monoisotopic (exact) mass is 300 g/mol. The van der Waals surface area contributed by atoms with E-state index in [1.54, 1.807) is 15.2 Å². The van der Waals surface area contributed by atoms with Crippen LogP contribution in [0.2, 0.25) is 0 Å². The summed E-state index contributed by atoms with van der Waals surface area (Å²) in [4.78, 5) is 0.302. The van der Waals surface area contributed by atoms with Gasteiger partial charge in [-0.2, -0.15) is 9.40 Å². The molecule has 20 heavy (non-hydrogen) atoms. The van der Waals surface area contributed by atoms with Crippen molar-refractivity contribution in [2.45, 2.75) is 38.1 Å². The number of aromatic nitrogens is 2.